The SMILES string of the molecule is Cc1csc(CNC(=O)c2ccccc2-c2ccccc2C#N)n1. The van der Waals surface area contributed by atoms with Crippen LogP contribution in [0.25, 0.3) is 11.1 Å². The molecule has 5 heteroatoms. The van der Waals surface area contributed by atoms with Gasteiger partial charge < -0.3 is 5.32 Å². The first kappa shape index (κ1) is 15.9. The van der Waals surface area contributed by atoms with Gasteiger partial charge in [-0.2, -0.15) is 5.26 Å². The lowest BCUT2D eigenvalue weighted by Gasteiger charge is -2.11. The van der Waals surface area contributed by atoms with Crippen LogP contribution in [-0.2, 0) is 6.54 Å². The van der Waals surface area contributed by atoms with Gasteiger partial charge in [-0.3, -0.25) is 4.79 Å². The summed E-state index contributed by atoms with van der Waals surface area (Å²) in [5.41, 5.74) is 3.56. The molecule has 0 bridgehead atoms. The Bertz CT molecular complexity index is 924. The first-order chi connectivity index (χ1) is 11.7. The second kappa shape index (κ2) is 7.07. The van der Waals surface area contributed by atoms with Crippen molar-refractivity contribution in [2.45, 2.75) is 13.5 Å². The molecule has 1 N–H and O–H groups in total. The number of nitrogens with zero attached hydrogens (tertiary/aromatic N) is 2. The van der Waals surface area contributed by atoms with Gasteiger partial charge in [-0.05, 0) is 24.6 Å². The van der Waals surface area contributed by atoms with Crippen molar-refractivity contribution >= 4 is 17.2 Å². The highest BCUT2D eigenvalue weighted by Crippen LogP contribution is 2.26. The second-order valence-electron chi connectivity index (χ2n) is 5.27. The van der Waals surface area contributed by atoms with Gasteiger partial charge in [0.15, 0.2) is 0 Å². The quantitative estimate of drug-likeness (QED) is 0.787. The van der Waals surface area contributed by atoms with Crippen LogP contribution in [0, 0.1) is 18.3 Å². The molecule has 24 heavy (non-hydrogen) atoms. The van der Waals surface area contributed by atoms with Gasteiger partial charge in [0.1, 0.15) is 5.01 Å². The number of carbonyl (C=O) groups is 1. The van der Waals surface area contributed by atoms with Gasteiger partial charge in [0, 0.05) is 22.2 Å². The Labute approximate surface area is 144 Å². The minimum absolute atomic E-state index is 0.175. The number of rotatable bonds is 4. The van der Waals surface area contributed by atoms with Crippen LogP contribution in [0.2, 0.25) is 0 Å². The van der Waals surface area contributed by atoms with Crippen molar-refractivity contribution in [3.8, 4) is 17.2 Å². The molecule has 4 nitrogen and oxygen atoms in total. The molecule has 0 radical (unpaired) electrons. The van der Waals surface area contributed by atoms with Crippen LogP contribution in [0.1, 0.15) is 26.6 Å². The van der Waals surface area contributed by atoms with E-state index in [2.05, 4.69) is 16.4 Å². The maximum Gasteiger partial charge on any atom is 0.252 e. The molecule has 1 heterocycles. The van der Waals surface area contributed by atoms with Crippen LogP contribution in [0.4, 0.5) is 0 Å². The number of hydrogen-bond acceptors (Lipinski definition) is 4. The lowest BCUT2D eigenvalue weighted by atomic mass is 9.95. The van der Waals surface area contributed by atoms with E-state index in [1.807, 2.05) is 48.7 Å². The van der Waals surface area contributed by atoms with Crippen molar-refractivity contribution in [1.82, 2.24) is 10.3 Å². The molecule has 0 fully saturated rings. The Morgan fingerprint density at radius 1 is 1.17 bits per heavy atom. The molecular formula is C19H15N3OS. The highest BCUT2D eigenvalue weighted by molar-refractivity contribution is 7.09. The predicted molar refractivity (Wildman–Crippen MR) is 94.6 cm³/mol. The van der Waals surface area contributed by atoms with Crippen LogP contribution in [0.15, 0.2) is 53.9 Å². The van der Waals surface area contributed by atoms with E-state index in [-0.39, 0.29) is 5.91 Å². The van der Waals surface area contributed by atoms with Crippen LogP contribution in [-0.4, -0.2) is 10.9 Å². The molecule has 0 saturated carbocycles. The van der Waals surface area contributed by atoms with E-state index in [9.17, 15) is 10.1 Å². The van der Waals surface area contributed by atoms with Crippen LogP contribution in [0.5, 0.6) is 0 Å². The third-order valence-electron chi connectivity index (χ3n) is 3.58. The number of amides is 1. The maximum atomic E-state index is 12.6. The van der Waals surface area contributed by atoms with E-state index in [1.54, 1.807) is 12.1 Å². The van der Waals surface area contributed by atoms with Crippen molar-refractivity contribution in [1.29, 1.82) is 5.26 Å². The van der Waals surface area contributed by atoms with E-state index in [0.29, 0.717) is 17.7 Å². The van der Waals surface area contributed by atoms with Gasteiger partial charge >= 0.3 is 0 Å². The van der Waals surface area contributed by atoms with Crippen molar-refractivity contribution in [2.24, 2.45) is 0 Å². The summed E-state index contributed by atoms with van der Waals surface area (Å²) in [7, 11) is 0. The monoisotopic (exact) mass is 333 g/mol. The summed E-state index contributed by atoms with van der Waals surface area (Å²) in [6.07, 6.45) is 0. The topological polar surface area (TPSA) is 65.8 Å². The normalized spacial score (nSPS) is 10.2. The van der Waals surface area contributed by atoms with Crippen molar-refractivity contribution in [2.75, 3.05) is 0 Å². The van der Waals surface area contributed by atoms with E-state index < -0.39 is 0 Å². The third-order valence-corrected chi connectivity index (χ3v) is 4.54. The number of benzene rings is 2. The third kappa shape index (κ3) is 3.34. The number of aromatic nitrogens is 1. The van der Waals surface area contributed by atoms with Gasteiger partial charge in [-0.25, -0.2) is 4.98 Å². The molecule has 0 aliphatic rings. The Morgan fingerprint density at radius 3 is 2.58 bits per heavy atom. The second-order valence-corrected chi connectivity index (χ2v) is 6.21. The van der Waals surface area contributed by atoms with Gasteiger partial charge in [0.2, 0.25) is 0 Å². The summed E-state index contributed by atoms with van der Waals surface area (Å²) >= 11 is 1.52. The molecule has 118 valence electrons. The summed E-state index contributed by atoms with van der Waals surface area (Å²) in [6.45, 7) is 2.32. The minimum Gasteiger partial charge on any atom is -0.346 e. The fourth-order valence-corrected chi connectivity index (χ4v) is 3.18. The summed E-state index contributed by atoms with van der Waals surface area (Å²) < 4.78 is 0. The van der Waals surface area contributed by atoms with E-state index in [4.69, 9.17) is 0 Å². The van der Waals surface area contributed by atoms with Crippen LogP contribution >= 0.6 is 11.3 Å². The molecule has 0 spiro atoms. The minimum atomic E-state index is -0.175. The average molecular weight is 333 g/mol. The summed E-state index contributed by atoms with van der Waals surface area (Å²) in [6, 6.07) is 16.8. The van der Waals surface area contributed by atoms with E-state index in [1.165, 1.54) is 11.3 Å². The van der Waals surface area contributed by atoms with Crippen LogP contribution in [0.3, 0.4) is 0 Å². The van der Waals surface area contributed by atoms with Gasteiger partial charge in [-0.15, -0.1) is 11.3 Å². The molecular weight excluding hydrogens is 318 g/mol. The first-order valence-electron chi connectivity index (χ1n) is 7.47. The molecule has 3 aromatic rings. The smallest absolute Gasteiger partial charge is 0.252 e. The molecule has 0 unspecified atom stereocenters. The average Bonchev–Trinajstić information content (AvgIpc) is 3.05. The standard InChI is InChI=1S/C19H15N3OS/c1-13-12-24-18(22-13)11-21-19(23)17-9-5-4-8-16(17)15-7-3-2-6-14(15)10-20/h2-9,12H,11H2,1H3,(H,21,23). The molecule has 2 aromatic carbocycles. The summed E-state index contributed by atoms with van der Waals surface area (Å²) in [5.74, 6) is -0.175. The Morgan fingerprint density at radius 2 is 1.88 bits per heavy atom. The zero-order valence-electron chi connectivity index (χ0n) is 13.1. The molecule has 1 amide bonds. The van der Waals surface area contributed by atoms with Gasteiger partial charge in [0.05, 0.1) is 18.2 Å². The number of nitriles is 1. The molecule has 0 atom stereocenters. The van der Waals surface area contributed by atoms with Crippen molar-refractivity contribution in [3.63, 3.8) is 0 Å². The Kier molecular flexibility index (Phi) is 4.69. The molecule has 3 rings (SSSR count). The summed E-state index contributed by atoms with van der Waals surface area (Å²) in [4.78, 5) is 16.9. The Balaban J connectivity index is 1.89. The largest absolute Gasteiger partial charge is 0.346 e. The van der Waals surface area contributed by atoms with Crippen LogP contribution < -0.4 is 5.32 Å². The summed E-state index contributed by atoms with van der Waals surface area (Å²) in [5, 5.41) is 15.0. The number of nitrogens with one attached hydrogen (secondary N) is 1. The first-order valence-corrected chi connectivity index (χ1v) is 8.34. The highest BCUT2D eigenvalue weighted by Gasteiger charge is 2.14. The van der Waals surface area contributed by atoms with Crippen molar-refractivity contribution < 1.29 is 4.79 Å². The fraction of sp³-hybridized carbons (Fsp3) is 0.105. The number of hydrogen-bond donors (Lipinski definition) is 1. The molecule has 0 aliphatic carbocycles. The molecule has 1 aromatic heterocycles. The predicted octanol–water partition coefficient (Wildman–Crippen LogP) is 3.92. The fourth-order valence-electron chi connectivity index (χ4n) is 2.47. The number of aryl methyl sites for hydroxylation is 1. The number of carbonyl (C=O) groups excluding carboxylic acids is 1. The maximum absolute atomic E-state index is 12.6. The lowest BCUT2D eigenvalue weighted by Crippen LogP contribution is -2.23. The lowest BCUT2D eigenvalue weighted by molar-refractivity contribution is 0.0951. The molecule has 0 aliphatic heterocycles. The van der Waals surface area contributed by atoms with Crippen molar-refractivity contribution in [3.05, 3.63) is 75.7 Å². The Hall–Kier alpha value is -2.97. The van der Waals surface area contributed by atoms with Gasteiger partial charge in [0.25, 0.3) is 5.91 Å². The highest BCUT2D eigenvalue weighted by atomic mass is 32.1. The molecule has 0 saturated heterocycles. The number of thiazole rings is 1. The van der Waals surface area contributed by atoms with E-state index >= 15 is 0 Å². The van der Waals surface area contributed by atoms with Gasteiger partial charge in [-0.1, -0.05) is 36.4 Å². The zero-order chi connectivity index (χ0) is 16.9. The zero-order valence-corrected chi connectivity index (χ0v) is 13.9. The van der Waals surface area contributed by atoms with E-state index in [0.717, 1.165) is 21.8 Å².